The van der Waals surface area contributed by atoms with Crippen LogP contribution in [0, 0.1) is 11.6 Å². The van der Waals surface area contributed by atoms with E-state index in [1.165, 1.54) is 4.90 Å². The molecule has 0 spiro atoms. The number of hydrogen-bond donors (Lipinski definition) is 0. The van der Waals surface area contributed by atoms with Crippen molar-refractivity contribution in [3.63, 3.8) is 0 Å². The van der Waals surface area contributed by atoms with Gasteiger partial charge in [-0.2, -0.15) is 0 Å². The third-order valence-electron chi connectivity index (χ3n) is 4.09. The summed E-state index contributed by atoms with van der Waals surface area (Å²) >= 11 is 0. The van der Waals surface area contributed by atoms with Gasteiger partial charge in [0.15, 0.2) is 17.4 Å². The van der Waals surface area contributed by atoms with Crippen molar-refractivity contribution in [3.05, 3.63) is 23.8 Å². The Morgan fingerprint density at radius 1 is 1.12 bits per heavy atom. The fourth-order valence-electron chi connectivity index (χ4n) is 3.11. The van der Waals surface area contributed by atoms with Crippen LogP contribution in [0.1, 0.15) is 40.0 Å². The summed E-state index contributed by atoms with van der Waals surface area (Å²) in [5.41, 5.74) is -0.876. The zero-order valence-corrected chi connectivity index (χ0v) is 13.9. The summed E-state index contributed by atoms with van der Waals surface area (Å²) in [4.78, 5) is 27.3. The molecule has 1 atom stereocenters. The second-order valence-electron chi connectivity index (χ2n) is 7.11. The number of imide groups is 1. The summed E-state index contributed by atoms with van der Waals surface area (Å²) in [5, 5.41) is 0. The smallest absolute Gasteiger partial charge is 0.332 e. The maximum atomic E-state index is 14.3. The fraction of sp³-hybridized carbons (Fsp3) is 0.529. The number of carbonyl (C=O) groups is 2. The predicted molar refractivity (Wildman–Crippen MR) is 84.0 cm³/mol. The van der Waals surface area contributed by atoms with E-state index in [-0.39, 0.29) is 5.69 Å². The first kappa shape index (κ1) is 16.7. The van der Waals surface area contributed by atoms with Gasteiger partial charge in [0.05, 0.1) is 5.69 Å². The molecule has 0 N–H and O–H groups in total. The Kier molecular flexibility index (Phi) is 3.97. The Bertz CT molecular complexity index is 653. The van der Waals surface area contributed by atoms with Crippen molar-refractivity contribution in [2.45, 2.75) is 51.7 Å². The average Bonchev–Trinajstić information content (AvgIpc) is 2.74. The van der Waals surface area contributed by atoms with Gasteiger partial charge in [0, 0.05) is 18.7 Å². The molecule has 2 aliphatic heterocycles. The van der Waals surface area contributed by atoms with Crippen LogP contribution in [-0.2, 0) is 4.79 Å². The molecule has 1 unspecified atom stereocenters. The number of anilines is 1. The number of amides is 3. The highest BCUT2D eigenvalue weighted by atomic mass is 19.1. The van der Waals surface area contributed by atoms with E-state index in [1.54, 1.807) is 20.8 Å². The minimum absolute atomic E-state index is 0.101. The Morgan fingerprint density at radius 3 is 2.29 bits per heavy atom. The molecule has 2 aliphatic rings. The third-order valence-corrected chi connectivity index (χ3v) is 4.09. The summed E-state index contributed by atoms with van der Waals surface area (Å²) in [7, 11) is 0. The molecule has 24 heavy (non-hydrogen) atoms. The van der Waals surface area contributed by atoms with Crippen molar-refractivity contribution in [3.8, 4) is 5.75 Å². The van der Waals surface area contributed by atoms with Crippen molar-refractivity contribution >= 4 is 17.6 Å². The molecule has 130 valence electrons. The van der Waals surface area contributed by atoms with Crippen LogP contribution >= 0.6 is 0 Å². The summed E-state index contributed by atoms with van der Waals surface area (Å²) in [6, 6.07) is 0.896. The first-order valence-corrected chi connectivity index (χ1v) is 8.01. The highest BCUT2D eigenvalue weighted by Gasteiger charge is 2.47. The number of halogens is 2. The van der Waals surface area contributed by atoms with Gasteiger partial charge in [-0.25, -0.2) is 18.5 Å². The van der Waals surface area contributed by atoms with Crippen LogP contribution < -0.4 is 9.64 Å². The lowest BCUT2D eigenvalue weighted by Gasteiger charge is -2.26. The van der Waals surface area contributed by atoms with Crippen LogP contribution in [0.15, 0.2) is 12.1 Å². The molecule has 5 nitrogen and oxygen atoms in total. The molecule has 2 heterocycles. The van der Waals surface area contributed by atoms with Crippen LogP contribution in [0.5, 0.6) is 5.75 Å². The van der Waals surface area contributed by atoms with Gasteiger partial charge >= 0.3 is 6.03 Å². The molecule has 0 aliphatic carbocycles. The normalized spacial score (nSPS) is 21.3. The average molecular weight is 338 g/mol. The monoisotopic (exact) mass is 338 g/mol. The molecule has 1 aromatic rings. The fourth-order valence-corrected chi connectivity index (χ4v) is 3.11. The SMILES string of the molecule is CC(C)(C)Oc1c(F)cc(N2C(=O)C3CCCCN3C2=O)cc1F. The molecule has 0 radical (unpaired) electrons. The van der Waals surface area contributed by atoms with Crippen molar-refractivity contribution in [2.75, 3.05) is 11.4 Å². The van der Waals surface area contributed by atoms with E-state index in [4.69, 9.17) is 4.74 Å². The number of nitrogens with zero attached hydrogens (tertiary/aromatic N) is 2. The van der Waals surface area contributed by atoms with Crippen molar-refractivity contribution in [2.24, 2.45) is 0 Å². The van der Waals surface area contributed by atoms with Crippen LogP contribution in [0.3, 0.4) is 0 Å². The number of piperidine rings is 1. The van der Waals surface area contributed by atoms with Crippen LogP contribution in [0.4, 0.5) is 19.3 Å². The van der Waals surface area contributed by atoms with Crippen molar-refractivity contribution < 1.29 is 23.1 Å². The Labute approximate surface area is 139 Å². The molecular weight excluding hydrogens is 318 g/mol. The molecule has 0 bridgehead atoms. The van der Waals surface area contributed by atoms with Gasteiger partial charge in [-0.1, -0.05) is 0 Å². The number of urea groups is 1. The lowest BCUT2D eigenvalue weighted by Crippen LogP contribution is -2.39. The summed E-state index contributed by atoms with van der Waals surface area (Å²) in [6.07, 6.45) is 2.26. The first-order valence-electron chi connectivity index (χ1n) is 8.01. The Balaban J connectivity index is 1.95. The topological polar surface area (TPSA) is 49.9 Å². The van der Waals surface area contributed by atoms with Gasteiger partial charge in [-0.15, -0.1) is 0 Å². The molecule has 3 rings (SSSR count). The minimum Gasteiger partial charge on any atom is -0.482 e. The quantitative estimate of drug-likeness (QED) is 0.776. The molecule has 2 saturated heterocycles. The van der Waals surface area contributed by atoms with Crippen LogP contribution in [-0.4, -0.2) is 35.0 Å². The second kappa shape index (κ2) is 5.72. The molecule has 1 aromatic carbocycles. The maximum Gasteiger partial charge on any atom is 0.332 e. The standard InChI is InChI=1S/C17H20F2N2O3/c1-17(2,3)24-14-11(18)8-10(9-12(14)19)21-15(22)13-6-4-5-7-20(13)16(21)23/h8-9,13H,4-7H2,1-3H3. The van der Waals surface area contributed by atoms with Crippen LogP contribution in [0.2, 0.25) is 0 Å². The van der Waals surface area contributed by atoms with Crippen molar-refractivity contribution in [1.82, 2.24) is 4.90 Å². The minimum atomic E-state index is -0.939. The first-order chi connectivity index (χ1) is 11.2. The van der Waals surface area contributed by atoms with E-state index in [2.05, 4.69) is 0 Å². The lowest BCUT2D eigenvalue weighted by atomic mass is 10.0. The van der Waals surface area contributed by atoms with Gasteiger partial charge in [0.25, 0.3) is 5.91 Å². The number of carbonyl (C=O) groups excluding carboxylic acids is 2. The number of fused-ring (bicyclic) bond motifs is 1. The number of benzene rings is 1. The molecule has 0 saturated carbocycles. The summed E-state index contributed by atoms with van der Waals surface area (Å²) in [6.45, 7) is 5.50. The highest BCUT2D eigenvalue weighted by Crippen LogP contribution is 2.35. The van der Waals surface area contributed by atoms with E-state index < -0.39 is 41.0 Å². The highest BCUT2D eigenvalue weighted by molar-refractivity contribution is 6.21. The van der Waals surface area contributed by atoms with E-state index in [0.717, 1.165) is 29.9 Å². The molecular formula is C17H20F2N2O3. The largest absolute Gasteiger partial charge is 0.482 e. The second-order valence-corrected chi connectivity index (χ2v) is 7.11. The third kappa shape index (κ3) is 2.83. The van der Waals surface area contributed by atoms with E-state index in [0.29, 0.717) is 13.0 Å². The Hall–Kier alpha value is -2.18. The molecule has 2 fully saturated rings. The number of rotatable bonds is 2. The van der Waals surface area contributed by atoms with Crippen LogP contribution in [0.25, 0.3) is 0 Å². The predicted octanol–water partition coefficient (Wildman–Crippen LogP) is 3.46. The Morgan fingerprint density at radius 2 is 1.75 bits per heavy atom. The number of hydrogen-bond acceptors (Lipinski definition) is 3. The zero-order chi connectivity index (χ0) is 17.6. The van der Waals surface area contributed by atoms with Gasteiger partial charge < -0.3 is 9.64 Å². The summed E-state index contributed by atoms with van der Waals surface area (Å²) in [5.74, 6) is -2.82. The van der Waals surface area contributed by atoms with Gasteiger partial charge in [-0.05, 0) is 40.0 Å². The summed E-state index contributed by atoms with van der Waals surface area (Å²) < 4.78 is 33.9. The van der Waals surface area contributed by atoms with E-state index in [9.17, 15) is 18.4 Å². The molecule has 7 heteroatoms. The lowest BCUT2D eigenvalue weighted by molar-refractivity contribution is -0.120. The van der Waals surface area contributed by atoms with Crippen molar-refractivity contribution in [1.29, 1.82) is 0 Å². The van der Waals surface area contributed by atoms with Gasteiger partial charge in [-0.3, -0.25) is 4.79 Å². The zero-order valence-electron chi connectivity index (χ0n) is 13.9. The van der Waals surface area contributed by atoms with Gasteiger partial charge in [0.1, 0.15) is 11.6 Å². The van der Waals surface area contributed by atoms with E-state index >= 15 is 0 Å². The maximum absolute atomic E-state index is 14.3. The van der Waals surface area contributed by atoms with E-state index in [1.807, 2.05) is 0 Å². The molecule has 0 aromatic heterocycles. The number of ether oxygens (including phenoxy) is 1. The van der Waals surface area contributed by atoms with Gasteiger partial charge in [0.2, 0.25) is 0 Å². The molecule has 3 amide bonds.